The minimum Gasteiger partial charge on any atom is -0.374 e. The number of hydrogen-bond acceptors (Lipinski definition) is 6. The molecule has 92 valence electrons. The average Bonchev–Trinajstić information content (AvgIpc) is 2.96. The Balaban J connectivity index is 1.94. The third-order valence-corrected chi connectivity index (χ3v) is 2.23. The highest BCUT2D eigenvalue weighted by atomic mass is 16.5. The molecule has 0 aromatic carbocycles. The van der Waals surface area contributed by atoms with E-state index in [-0.39, 0.29) is 6.04 Å². The van der Waals surface area contributed by atoms with E-state index in [2.05, 4.69) is 20.1 Å². The number of hydrogen-bond donors (Lipinski definition) is 2. The molecule has 2 aromatic rings. The van der Waals surface area contributed by atoms with Gasteiger partial charge in [-0.2, -0.15) is 4.98 Å². The Morgan fingerprint density at radius 1 is 1.59 bits per heavy atom. The Kier molecular flexibility index (Phi) is 3.84. The van der Waals surface area contributed by atoms with E-state index in [1.165, 1.54) is 0 Å². The molecule has 0 unspecified atom stereocenters. The first kappa shape index (κ1) is 11.7. The Hall–Kier alpha value is -1.73. The number of nitrogens with two attached hydrogens (primary N) is 1. The van der Waals surface area contributed by atoms with Gasteiger partial charge in [0.05, 0.1) is 12.4 Å². The third kappa shape index (κ3) is 3.11. The summed E-state index contributed by atoms with van der Waals surface area (Å²) < 4.78 is 10.2. The number of nitrogens with zero attached hydrogens (tertiary/aromatic N) is 3. The standard InChI is InChI=1S/C10H15N5O2/c1-2-16-5-9-14-10(17-15-9)8(11)3-7-4-12-6-13-7/h4,6,8H,2-3,5,11H2,1H3,(H,12,13)/t8-/m1/s1. The molecule has 0 spiro atoms. The smallest absolute Gasteiger partial charge is 0.244 e. The van der Waals surface area contributed by atoms with Crippen molar-refractivity contribution >= 4 is 0 Å². The zero-order chi connectivity index (χ0) is 12.1. The van der Waals surface area contributed by atoms with Crippen molar-refractivity contribution in [3.8, 4) is 0 Å². The predicted octanol–water partition coefficient (Wildman–Crippen LogP) is 0.572. The van der Waals surface area contributed by atoms with Crippen LogP contribution in [0.15, 0.2) is 17.0 Å². The summed E-state index contributed by atoms with van der Waals surface area (Å²) in [7, 11) is 0. The molecule has 17 heavy (non-hydrogen) atoms. The summed E-state index contributed by atoms with van der Waals surface area (Å²) in [6, 6.07) is -0.335. The van der Waals surface area contributed by atoms with Gasteiger partial charge < -0.3 is 20.0 Å². The van der Waals surface area contributed by atoms with Crippen LogP contribution in [-0.2, 0) is 17.8 Å². The molecule has 2 heterocycles. The van der Waals surface area contributed by atoms with E-state index in [0.717, 1.165) is 5.69 Å². The van der Waals surface area contributed by atoms with Crippen LogP contribution in [0, 0.1) is 0 Å². The number of H-pyrrole nitrogens is 1. The maximum Gasteiger partial charge on any atom is 0.244 e. The maximum absolute atomic E-state index is 5.94. The molecule has 3 N–H and O–H groups in total. The monoisotopic (exact) mass is 237 g/mol. The minimum absolute atomic E-state index is 0.335. The van der Waals surface area contributed by atoms with Crippen molar-refractivity contribution in [3.63, 3.8) is 0 Å². The van der Waals surface area contributed by atoms with Gasteiger partial charge in [0.15, 0.2) is 5.82 Å². The highest BCUT2D eigenvalue weighted by Crippen LogP contribution is 2.12. The van der Waals surface area contributed by atoms with Gasteiger partial charge in [-0.15, -0.1) is 0 Å². The topological polar surface area (TPSA) is 103 Å². The van der Waals surface area contributed by atoms with Crippen LogP contribution in [-0.4, -0.2) is 26.7 Å². The zero-order valence-corrected chi connectivity index (χ0v) is 9.59. The lowest BCUT2D eigenvalue weighted by Gasteiger charge is -2.03. The lowest BCUT2D eigenvalue weighted by molar-refractivity contribution is 0.126. The maximum atomic E-state index is 5.94. The first-order chi connectivity index (χ1) is 8.29. The van der Waals surface area contributed by atoms with Gasteiger partial charge in [-0.05, 0) is 6.92 Å². The van der Waals surface area contributed by atoms with Gasteiger partial charge in [0.1, 0.15) is 6.61 Å². The number of rotatable bonds is 6. The lowest BCUT2D eigenvalue weighted by atomic mass is 10.2. The largest absolute Gasteiger partial charge is 0.374 e. The molecular formula is C10H15N5O2. The molecule has 1 atom stereocenters. The van der Waals surface area contributed by atoms with Gasteiger partial charge in [0.25, 0.3) is 0 Å². The van der Waals surface area contributed by atoms with E-state index in [1.807, 2.05) is 6.92 Å². The molecule has 7 nitrogen and oxygen atoms in total. The van der Waals surface area contributed by atoms with Gasteiger partial charge in [0, 0.05) is 24.9 Å². The van der Waals surface area contributed by atoms with Crippen molar-refractivity contribution in [1.29, 1.82) is 0 Å². The van der Waals surface area contributed by atoms with E-state index in [0.29, 0.717) is 31.3 Å². The molecule has 0 aliphatic rings. The second kappa shape index (κ2) is 5.55. The van der Waals surface area contributed by atoms with Crippen LogP contribution in [0.1, 0.15) is 30.4 Å². The van der Waals surface area contributed by atoms with Gasteiger partial charge in [-0.3, -0.25) is 0 Å². The summed E-state index contributed by atoms with van der Waals surface area (Å²) in [5.41, 5.74) is 6.88. The fourth-order valence-corrected chi connectivity index (χ4v) is 1.39. The van der Waals surface area contributed by atoms with Crippen molar-refractivity contribution < 1.29 is 9.26 Å². The quantitative estimate of drug-likeness (QED) is 0.761. The minimum atomic E-state index is -0.335. The summed E-state index contributed by atoms with van der Waals surface area (Å²) >= 11 is 0. The van der Waals surface area contributed by atoms with Crippen molar-refractivity contribution in [2.45, 2.75) is 26.0 Å². The average molecular weight is 237 g/mol. The molecule has 0 amide bonds. The van der Waals surface area contributed by atoms with Crippen molar-refractivity contribution in [1.82, 2.24) is 20.1 Å². The number of aromatic amines is 1. The van der Waals surface area contributed by atoms with Crippen LogP contribution in [0.3, 0.4) is 0 Å². The summed E-state index contributed by atoms with van der Waals surface area (Å²) in [6.45, 7) is 2.87. The van der Waals surface area contributed by atoms with Gasteiger partial charge in [-0.25, -0.2) is 4.98 Å². The molecule has 0 saturated carbocycles. The fourth-order valence-electron chi connectivity index (χ4n) is 1.39. The molecule has 7 heteroatoms. The van der Waals surface area contributed by atoms with Gasteiger partial charge >= 0.3 is 0 Å². The number of nitrogens with one attached hydrogen (secondary N) is 1. The summed E-state index contributed by atoms with van der Waals surface area (Å²) in [4.78, 5) is 11.1. The van der Waals surface area contributed by atoms with Crippen LogP contribution in [0.2, 0.25) is 0 Å². The summed E-state index contributed by atoms with van der Waals surface area (Å²) in [5, 5.41) is 3.79. The second-order valence-corrected chi connectivity index (χ2v) is 3.57. The zero-order valence-electron chi connectivity index (χ0n) is 9.59. The van der Waals surface area contributed by atoms with Crippen molar-refractivity contribution in [2.24, 2.45) is 5.73 Å². The first-order valence-corrected chi connectivity index (χ1v) is 5.42. The van der Waals surface area contributed by atoms with Crippen LogP contribution in [0.5, 0.6) is 0 Å². The Morgan fingerprint density at radius 2 is 2.47 bits per heavy atom. The van der Waals surface area contributed by atoms with Gasteiger partial charge in [-0.1, -0.05) is 5.16 Å². The molecule has 0 aliphatic carbocycles. The molecule has 0 fully saturated rings. The van der Waals surface area contributed by atoms with E-state index < -0.39 is 0 Å². The fraction of sp³-hybridized carbons (Fsp3) is 0.500. The van der Waals surface area contributed by atoms with Crippen LogP contribution in [0.25, 0.3) is 0 Å². The van der Waals surface area contributed by atoms with Crippen LogP contribution < -0.4 is 5.73 Å². The molecule has 2 rings (SSSR count). The molecule has 0 radical (unpaired) electrons. The van der Waals surface area contributed by atoms with Crippen LogP contribution in [0.4, 0.5) is 0 Å². The van der Waals surface area contributed by atoms with E-state index >= 15 is 0 Å². The first-order valence-electron chi connectivity index (χ1n) is 5.42. The summed E-state index contributed by atoms with van der Waals surface area (Å²) in [5.74, 6) is 0.927. The second-order valence-electron chi connectivity index (χ2n) is 3.57. The molecule has 2 aromatic heterocycles. The lowest BCUT2D eigenvalue weighted by Crippen LogP contribution is -2.14. The SMILES string of the molecule is CCOCc1noc([C@H](N)Cc2cnc[nH]2)n1. The molecule has 0 saturated heterocycles. The highest BCUT2D eigenvalue weighted by molar-refractivity contribution is 5.01. The van der Waals surface area contributed by atoms with Gasteiger partial charge in [0.2, 0.25) is 5.89 Å². The number of ether oxygens (including phenoxy) is 1. The highest BCUT2D eigenvalue weighted by Gasteiger charge is 2.15. The van der Waals surface area contributed by atoms with E-state index in [4.69, 9.17) is 15.0 Å². The predicted molar refractivity (Wildman–Crippen MR) is 58.8 cm³/mol. The third-order valence-electron chi connectivity index (χ3n) is 2.23. The van der Waals surface area contributed by atoms with Crippen molar-refractivity contribution in [3.05, 3.63) is 29.9 Å². The summed E-state index contributed by atoms with van der Waals surface area (Å²) in [6.07, 6.45) is 3.91. The number of imidazole rings is 1. The molecule has 0 bridgehead atoms. The Bertz CT molecular complexity index is 439. The van der Waals surface area contributed by atoms with E-state index in [9.17, 15) is 0 Å². The molecular weight excluding hydrogens is 222 g/mol. The number of aromatic nitrogens is 4. The normalized spacial score (nSPS) is 12.8. The Morgan fingerprint density at radius 3 is 3.18 bits per heavy atom. The van der Waals surface area contributed by atoms with Crippen molar-refractivity contribution in [2.75, 3.05) is 6.61 Å². The van der Waals surface area contributed by atoms with Crippen LogP contribution >= 0.6 is 0 Å². The Labute approximate surface area is 98.4 Å². The van der Waals surface area contributed by atoms with E-state index in [1.54, 1.807) is 12.5 Å². The molecule has 0 aliphatic heterocycles.